The van der Waals surface area contributed by atoms with Crippen LogP contribution in [0.4, 0.5) is 13.2 Å². The van der Waals surface area contributed by atoms with E-state index >= 15 is 0 Å². The van der Waals surface area contributed by atoms with E-state index in [1.807, 2.05) is 0 Å². The first-order valence-corrected chi connectivity index (χ1v) is 5.17. The second kappa shape index (κ2) is 4.78. The molecule has 0 unspecified atom stereocenters. The molecule has 2 aromatic rings. The molecule has 0 fully saturated rings. The van der Waals surface area contributed by atoms with Crippen molar-refractivity contribution in [2.24, 2.45) is 0 Å². The van der Waals surface area contributed by atoms with Crippen molar-refractivity contribution in [3.05, 3.63) is 64.2 Å². The lowest BCUT2D eigenvalue weighted by atomic mass is 10.0. The summed E-state index contributed by atoms with van der Waals surface area (Å²) in [5, 5.41) is -0.445. The molecule has 0 saturated carbocycles. The fourth-order valence-electron chi connectivity index (χ4n) is 1.40. The number of rotatable bonds is 2. The first-order chi connectivity index (χ1) is 8.50. The average molecular weight is 272 g/mol. The lowest BCUT2D eigenvalue weighted by Crippen LogP contribution is -2.07. The van der Waals surface area contributed by atoms with Gasteiger partial charge in [0, 0.05) is 6.20 Å². The predicted molar refractivity (Wildman–Crippen MR) is 59.0 cm³/mol. The molecule has 0 spiro atoms. The number of hydrogen-bond acceptors (Lipinski definition) is 2. The Kier molecular flexibility index (Phi) is 3.34. The van der Waals surface area contributed by atoms with Gasteiger partial charge in [0.25, 0.3) is 0 Å². The molecular formula is C12H5ClF3NO. The van der Waals surface area contributed by atoms with Crippen molar-refractivity contribution in [3.8, 4) is 0 Å². The Bertz CT molecular complexity index is 631. The number of halogens is 4. The largest absolute Gasteiger partial charge is 0.288 e. The van der Waals surface area contributed by atoms with Crippen molar-refractivity contribution < 1.29 is 18.0 Å². The van der Waals surface area contributed by atoms with Crippen LogP contribution in [0.25, 0.3) is 0 Å². The number of nitrogens with zero attached hydrogens (tertiary/aromatic N) is 1. The highest BCUT2D eigenvalue weighted by atomic mass is 35.5. The Hall–Kier alpha value is -1.88. The molecule has 0 saturated heterocycles. The van der Waals surface area contributed by atoms with Gasteiger partial charge in [0.1, 0.15) is 11.6 Å². The molecule has 0 amide bonds. The zero-order chi connectivity index (χ0) is 13.3. The topological polar surface area (TPSA) is 30.0 Å². The number of hydrogen-bond donors (Lipinski definition) is 0. The third-order valence-electron chi connectivity index (χ3n) is 2.27. The van der Waals surface area contributed by atoms with Crippen LogP contribution in [0.2, 0.25) is 5.02 Å². The number of carbonyl (C=O) groups excluding carboxylic acids is 1. The normalized spacial score (nSPS) is 10.4. The zero-order valence-electron chi connectivity index (χ0n) is 8.75. The van der Waals surface area contributed by atoms with Gasteiger partial charge in [-0.15, -0.1) is 0 Å². The quantitative estimate of drug-likeness (QED) is 0.619. The third-order valence-corrected chi connectivity index (χ3v) is 2.56. The SMILES string of the molecule is O=C(c1ccncc1F)c1cc(F)c(Cl)cc1F. The molecule has 2 nitrogen and oxygen atoms in total. The van der Waals surface area contributed by atoms with Crippen molar-refractivity contribution in [3.63, 3.8) is 0 Å². The van der Waals surface area contributed by atoms with Crippen molar-refractivity contribution in [2.45, 2.75) is 0 Å². The summed E-state index contributed by atoms with van der Waals surface area (Å²) in [6.07, 6.45) is 2.00. The van der Waals surface area contributed by atoms with Crippen molar-refractivity contribution in [2.75, 3.05) is 0 Å². The minimum Gasteiger partial charge on any atom is -0.288 e. The molecule has 0 aliphatic rings. The summed E-state index contributed by atoms with van der Waals surface area (Å²) in [5.74, 6) is -3.83. The molecule has 0 radical (unpaired) electrons. The monoisotopic (exact) mass is 271 g/mol. The Labute approximate surface area is 105 Å². The lowest BCUT2D eigenvalue weighted by Gasteiger charge is -2.04. The van der Waals surface area contributed by atoms with Crippen molar-refractivity contribution >= 4 is 17.4 Å². The third kappa shape index (κ3) is 2.22. The fourth-order valence-corrected chi connectivity index (χ4v) is 1.55. The van der Waals surface area contributed by atoms with Gasteiger partial charge in [0.15, 0.2) is 11.6 Å². The molecule has 0 atom stereocenters. The summed E-state index contributed by atoms with van der Waals surface area (Å²) in [4.78, 5) is 15.3. The van der Waals surface area contributed by atoms with Crippen LogP contribution in [0.3, 0.4) is 0 Å². The van der Waals surface area contributed by atoms with E-state index < -0.39 is 33.8 Å². The molecule has 0 aliphatic heterocycles. The van der Waals surface area contributed by atoms with Gasteiger partial charge in [-0.1, -0.05) is 11.6 Å². The van der Waals surface area contributed by atoms with Crippen LogP contribution in [0.15, 0.2) is 30.6 Å². The highest BCUT2D eigenvalue weighted by Crippen LogP contribution is 2.22. The van der Waals surface area contributed by atoms with E-state index in [0.717, 1.165) is 12.3 Å². The van der Waals surface area contributed by atoms with E-state index in [9.17, 15) is 18.0 Å². The van der Waals surface area contributed by atoms with Gasteiger partial charge >= 0.3 is 0 Å². The van der Waals surface area contributed by atoms with Crippen molar-refractivity contribution in [1.82, 2.24) is 4.98 Å². The summed E-state index contributed by atoms with van der Waals surface area (Å²) in [7, 11) is 0. The second-order valence-electron chi connectivity index (χ2n) is 3.43. The van der Waals surface area contributed by atoms with Gasteiger partial charge in [0.05, 0.1) is 22.3 Å². The Morgan fingerprint density at radius 3 is 2.44 bits per heavy atom. The summed E-state index contributed by atoms with van der Waals surface area (Å²) in [5.41, 5.74) is -0.965. The highest BCUT2D eigenvalue weighted by molar-refractivity contribution is 6.30. The molecule has 0 N–H and O–H groups in total. The number of ketones is 1. The number of benzene rings is 1. The maximum atomic E-state index is 13.5. The number of pyridine rings is 1. The molecule has 2 rings (SSSR count). The van der Waals surface area contributed by atoms with Gasteiger partial charge in [-0.2, -0.15) is 0 Å². The van der Waals surface area contributed by atoms with E-state index in [2.05, 4.69) is 4.98 Å². The smallest absolute Gasteiger partial charge is 0.199 e. The molecule has 0 bridgehead atoms. The van der Waals surface area contributed by atoms with E-state index in [4.69, 9.17) is 11.6 Å². The van der Waals surface area contributed by atoms with E-state index in [-0.39, 0.29) is 5.56 Å². The first-order valence-electron chi connectivity index (χ1n) is 4.79. The van der Waals surface area contributed by atoms with Crippen LogP contribution >= 0.6 is 11.6 Å². The lowest BCUT2D eigenvalue weighted by molar-refractivity contribution is 0.103. The highest BCUT2D eigenvalue weighted by Gasteiger charge is 2.19. The minimum absolute atomic E-state index is 0.384. The van der Waals surface area contributed by atoms with Crippen LogP contribution in [-0.2, 0) is 0 Å². The Balaban J connectivity index is 2.53. The van der Waals surface area contributed by atoms with E-state index in [0.29, 0.717) is 12.1 Å². The standard InChI is InChI=1S/C12H5ClF3NO/c13-8-4-9(14)7(3-10(8)15)12(18)6-1-2-17-5-11(6)16/h1-5H. The van der Waals surface area contributed by atoms with Gasteiger partial charge in [-0.3, -0.25) is 9.78 Å². The minimum atomic E-state index is -1.01. The van der Waals surface area contributed by atoms with Crippen LogP contribution < -0.4 is 0 Å². The molecule has 92 valence electrons. The molecule has 6 heteroatoms. The number of carbonyl (C=O) groups is 1. The zero-order valence-corrected chi connectivity index (χ0v) is 9.51. The fraction of sp³-hybridized carbons (Fsp3) is 0. The van der Waals surface area contributed by atoms with E-state index in [1.54, 1.807) is 0 Å². The van der Waals surface area contributed by atoms with Crippen LogP contribution in [0, 0.1) is 17.5 Å². The van der Waals surface area contributed by atoms with Crippen molar-refractivity contribution in [1.29, 1.82) is 0 Å². The second-order valence-corrected chi connectivity index (χ2v) is 3.84. The summed E-state index contributed by atoms with van der Waals surface area (Å²) in [6, 6.07) is 2.40. The molecular weight excluding hydrogens is 267 g/mol. The Morgan fingerprint density at radius 1 is 1.06 bits per heavy atom. The summed E-state index contributed by atoms with van der Waals surface area (Å²) in [6.45, 7) is 0. The molecule has 18 heavy (non-hydrogen) atoms. The van der Waals surface area contributed by atoms with Gasteiger partial charge in [-0.05, 0) is 18.2 Å². The summed E-state index contributed by atoms with van der Waals surface area (Å²) < 4.78 is 40.0. The predicted octanol–water partition coefficient (Wildman–Crippen LogP) is 3.38. The Morgan fingerprint density at radius 2 is 1.78 bits per heavy atom. The van der Waals surface area contributed by atoms with Crippen LogP contribution in [0.1, 0.15) is 15.9 Å². The average Bonchev–Trinajstić information content (AvgIpc) is 2.33. The molecule has 1 aromatic carbocycles. The van der Waals surface area contributed by atoms with E-state index in [1.165, 1.54) is 6.20 Å². The maximum absolute atomic E-state index is 13.5. The van der Waals surface area contributed by atoms with Crippen LogP contribution in [0.5, 0.6) is 0 Å². The maximum Gasteiger partial charge on any atom is 0.199 e. The first kappa shape index (κ1) is 12.6. The van der Waals surface area contributed by atoms with Gasteiger partial charge in [0.2, 0.25) is 0 Å². The van der Waals surface area contributed by atoms with Gasteiger partial charge < -0.3 is 0 Å². The summed E-state index contributed by atoms with van der Waals surface area (Å²) >= 11 is 5.36. The molecule has 1 heterocycles. The molecule has 1 aromatic heterocycles. The molecule has 0 aliphatic carbocycles. The van der Waals surface area contributed by atoms with Gasteiger partial charge in [-0.25, -0.2) is 13.2 Å². The number of aromatic nitrogens is 1. The van der Waals surface area contributed by atoms with Crippen LogP contribution in [-0.4, -0.2) is 10.8 Å².